The van der Waals surface area contributed by atoms with Crippen LogP contribution in [0.25, 0.3) is 11.3 Å². The van der Waals surface area contributed by atoms with Gasteiger partial charge in [-0.3, -0.25) is 4.79 Å². The van der Waals surface area contributed by atoms with Crippen molar-refractivity contribution >= 4 is 37.3 Å². The molecule has 0 spiro atoms. The van der Waals surface area contributed by atoms with Gasteiger partial charge in [0, 0.05) is 0 Å². The number of carboxylic acid groups (broad SMARTS) is 1. The van der Waals surface area contributed by atoms with Gasteiger partial charge in [0.25, 0.3) is 6.47 Å². The standard InChI is InChI=1S/C10H10N3O.CH2O2.Na/c1-13-7-8(6-12-13)10-9(14-2)4-3-5-11-10;2-1-3;/h3-6H,1-2H3;1H,(H,2,3);. The predicted octanol–water partition coefficient (Wildman–Crippen LogP) is -0.0147. The number of methoxy groups -OCH3 is 1. The molecule has 0 aliphatic rings. The molecule has 0 radical (unpaired) electrons. The van der Waals surface area contributed by atoms with Crippen molar-refractivity contribution in [3.63, 3.8) is 0 Å². The Morgan fingerprint density at radius 2 is 2.22 bits per heavy atom. The van der Waals surface area contributed by atoms with Crippen molar-refractivity contribution in [3.05, 3.63) is 24.5 Å². The molecular formula is C11H12N3NaO3. The first kappa shape index (κ1) is 14.7. The normalized spacial score (nSPS) is 9.33. The van der Waals surface area contributed by atoms with E-state index in [1.165, 1.54) is 2.94 Å². The van der Waals surface area contributed by atoms with E-state index >= 15 is 0 Å². The Bertz CT molecular complexity index is 528. The van der Waals surface area contributed by atoms with Crippen molar-refractivity contribution in [2.45, 2.75) is 0 Å². The molecule has 90 valence electrons. The first-order chi connectivity index (χ1) is 8.65. The van der Waals surface area contributed by atoms with E-state index in [0.717, 1.165) is 44.9 Å². The minimum absolute atomic E-state index is 0.250. The third kappa shape index (κ3) is 3.32. The zero-order valence-electron chi connectivity index (χ0n) is 10.5. The Morgan fingerprint density at radius 3 is 2.72 bits per heavy atom. The summed E-state index contributed by atoms with van der Waals surface area (Å²) in [6.45, 7) is -0.250. The van der Waals surface area contributed by atoms with Crippen LogP contribution in [-0.4, -0.2) is 61.4 Å². The van der Waals surface area contributed by atoms with Crippen LogP contribution in [0.5, 0.6) is 5.75 Å². The number of ether oxygens (including phenoxy) is 1. The first-order valence-electron chi connectivity index (χ1n) is 5.21. The van der Waals surface area contributed by atoms with Crippen molar-refractivity contribution in [3.8, 4) is 17.0 Å². The molecule has 0 atom stereocenters. The van der Waals surface area contributed by atoms with Crippen LogP contribution in [0.15, 0.2) is 24.5 Å². The van der Waals surface area contributed by atoms with Gasteiger partial charge in [-0.05, 0) is 0 Å². The monoisotopic (exact) mass is 257 g/mol. The third-order valence-electron chi connectivity index (χ3n) is 2.48. The largest absolute Gasteiger partial charge is 0.483 e. The van der Waals surface area contributed by atoms with Crippen molar-refractivity contribution in [2.24, 2.45) is 7.05 Å². The van der Waals surface area contributed by atoms with E-state index in [9.17, 15) is 0 Å². The maximum atomic E-state index is 8.36. The zero-order valence-corrected chi connectivity index (χ0v) is 12.5. The second kappa shape index (κ2) is 7.15. The van der Waals surface area contributed by atoms with Crippen LogP contribution >= 0.6 is 0 Å². The van der Waals surface area contributed by atoms with Gasteiger partial charge in [-0.1, -0.05) is 0 Å². The summed E-state index contributed by atoms with van der Waals surface area (Å²) in [6.07, 6.45) is 3.61. The summed E-state index contributed by atoms with van der Waals surface area (Å²) < 4.78 is 8.38. The number of hydrogen-bond acceptors (Lipinski definition) is 4. The molecule has 2 rings (SSSR count). The van der Waals surface area contributed by atoms with Gasteiger partial charge in [0.2, 0.25) is 0 Å². The van der Waals surface area contributed by atoms with Crippen LogP contribution in [0, 0.1) is 0 Å². The second-order valence-electron chi connectivity index (χ2n) is 3.43. The average molecular weight is 257 g/mol. The van der Waals surface area contributed by atoms with E-state index in [4.69, 9.17) is 14.6 Å². The Labute approximate surface area is 122 Å². The van der Waals surface area contributed by atoms with Gasteiger partial charge in [0.05, 0.1) is 0 Å². The van der Waals surface area contributed by atoms with Gasteiger partial charge in [-0.15, -0.1) is 0 Å². The second-order valence-corrected chi connectivity index (χ2v) is 4.37. The van der Waals surface area contributed by atoms with Gasteiger partial charge < -0.3 is 5.11 Å². The molecule has 0 fully saturated rings. The van der Waals surface area contributed by atoms with E-state index < -0.39 is 0 Å². The number of hydrogen-bond donors (Lipinski definition) is 1. The van der Waals surface area contributed by atoms with Crippen LogP contribution < -0.4 is 7.68 Å². The fourth-order valence-corrected chi connectivity index (χ4v) is 1.97. The van der Waals surface area contributed by atoms with E-state index in [0.29, 0.717) is 0 Å². The molecule has 0 aliphatic heterocycles. The van der Waals surface area contributed by atoms with Crippen molar-refractivity contribution in [2.75, 3.05) is 7.11 Å². The van der Waals surface area contributed by atoms with Gasteiger partial charge >= 0.3 is 106 Å². The molecule has 0 amide bonds. The predicted molar refractivity (Wildman–Crippen MR) is 67.1 cm³/mol. The average Bonchev–Trinajstić information content (AvgIpc) is 2.71. The third-order valence-corrected chi connectivity index (χ3v) is 3.67. The molecule has 0 saturated heterocycles. The number of pyridine rings is 1. The van der Waals surface area contributed by atoms with Crippen molar-refractivity contribution < 1.29 is 14.6 Å². The topological polar surface area (TPSA) is 77.2 Å². The Kier molecular flexibility index (Phi) is 5.84. The van der Waals surface area contributed by atoms with Crippen LogP contribution in [-0.2, 0) is 11.8 Å². The molecule has 18 heavy (non-hydrogen) atoms. The molecule has 0 aromatic carbocycles. The number of carbonyl (C=O) groups is 1. The fourth-order valence-electron chi connectivity index (χ4n) is 1.49. The number of aryl methyl sites for hydroxylation is 1. The van der Waals surface area contributed by atoms with Crippen molar-refractivity contribution in [1.29, 1.82) is 0 Å². The molecule has 2 aromatic rings. The van der Waals surface area contributed by atoms with E-state index in [-0.39, 0.29) is 6.47 Å². The van der Waals surface area contributed by atoms with Crippen LogP contribution in [0.1, 0.15) is 0 Å². The van der Waals surface area contributed by atoms with Gasteiger partial charge in [-0.2, -0.15) is 0 Å². The minimum atomic E-state index is -0.250. The molecule has 7 heteroatoms. The Hall–Kier alpha value is -1.37. The summed E-state index contributed by atoms with van der Waals surface area (Å²) in [6, 6.07) is 3.78. The molecule has 0 saturated carbocycles. The van der Waals surface area contributed by atoms with Gasteiger partial charge in [0.15, 0.2) is 0 Å². The van der Waals surface area contributed by atoms with Gasteiger partial charge in [0.1, 0.15) is 0 Å². The number of aromatic nitrogens is 3. The summed E-state index contributed by atoms with van der Waals surface area (Å²) in [7, 11) is 3.60. The number of nitrogens with zero attached hydrogens (tertiary/aromatic N) is 3. The fraction of sp³-hybridized carbons (Fsp3) is 0.182. The molecule has 2 heterocycles. The molecule has 2 aromatic heterocycles. The molecule has 0 bridgehead atoms. The van der Waals surface area contributed by atoms with Crippen molar-refractivity contribution in [1.82, 2.24) is 14.8 Å². The van der Waals surface area contributed by atoms with Gasteiger partial charge in [-0.25, -0.2) is 0 Å². The summed E-state index contributed by atoms with van der Waals surface area (Å²) >= 11 is 0.940. The molecule has 0 unspecified atom stereocenters. The minimum Gasteiger partial charge on any atom is -0.483 e. The Morgan fingerprint density at radius 1 is 1.56 bits per heavy atom. The van der Waals surface area contributed by atoms with E-state index in [1.54, 1.807) is 13.3 Å². The molecule has 6 nitrogen and oxygen atoms in total. The summed E-state index contributed by atoms with van der Waals surface area (Å²) in [5.41, 5.74) is 1.94. The molecule has 1 N–H and O–H groups in total. The van der Waals surface area contributed by atoms with E-state index in [1.807, 2.05) is 30.1 Å². The number of rotatable bonds is 2. The Balaban J connectivity index is 0.000000492. The van der Waals surface area contributed by atoms with E-state index in [2.05, 4.69) is 10.1 Å². The zero-order chi connectivity index (χ0) is 13.5. The SMILES string of the molecule is COc1cccnc1-c1cnn(C)[c]1[Na].O=CO. The summed E-state index contributed by atoms with van der Waals surface area (Å²) in [5, 5.41) is 11.1. The van der Waals surface area contributed by atoms with Crippen LogP contribution in [0.2, 0.25) is 0 Å². The maximum Gasteiger partial charge on any atom is 0.290 e. The smallest absolute Gasteiger partial charge is 0.290 e. The maximum absolute atomic E-state index is 8.36. The molecular weight excluding hydrogens is 245 g/mol. The quantitative estimate of drug-likeness (QED) is 0.604. The first-order valence-corrected chi connectivity index (χ1v) is 6.21. The van der Waals surface area contributed by atoms with Crippen LogP contribution in [0.4, 0.5) is 0 Å². The molecule has 0 aliphatic carbocycles. The summed E-state index contributed by atoms with van der Waals surface area (Å²) in [5.74, 6) is 0.794. The summed E-state index contributed by atoms with van der Waals surface area (Å²) in [4.78, 5) is 12.7. The van der Waals surface area contributed by atoms with Crippen LogP contribution in [0.3, 0.4) is 0 Å².